The Morgan fingerprint density at radius 1 is 1.38 bits per heavy atom. The maximum Gasteiger partial charge on any atom is 0.244 e. The minimum Gasteiger partial charge on any atom is -0.492 e. The maximum atomic E-state index is 12.7. The molecule has 0 radical (unpaired) electrons. The van der Waals surface area contributed by atoms with E-state index >= 15 is 0 Å². The van der Waals surface area contributed by atoms with Crippen LogP contribution in [0.25, 0.3) is 0 Å². The topological polar surface area (TPSA) is 64.6 Å². The van der Waals surface area contributed by atoms with Crippen molar-refractivity contribution >= 4 is 21.6 Å². The number of ether oxygens (including phenoxy) is 2. The van der Waals surface area contributed by atoms with Gasteiger partial charge in [-0.1, -0.05) is 31.4 Å². The lowest BCUT2D eigenvalue weighted by Crippen LogP contribution is -2.32. The van der Waals surface area contributed by atoms with Gasteiger partial charge in [0, 0.05) is 18.2 Å². The predicted molar refractivity (Wildman–Crippen MR) is 95.4 cm³/mol. The van der Waals surface area contributed by atoms with Gasteiger partial charge < -0.3 is 9.47 Å². The molecule has 1 fully saturated rings. The number of hydrogen-bond acceptors (Lipinski definition) is 4. The fraction of sp³-hybridized carbons (Fsp3) is 0.647. The van der Waals surface area contributed by atoms with Gasteiger partial charge in [0.1, 0.15) is 10.6 Å². The molecule has 1 unspecified atom stereocenters. The molecule has 1 aromatic rings. The summed E-state index contributed by atoms with van der Waals surface area (Å²) in [6.45, 7) is 5.38. The molecule has 1 aromatic carbocycles. The summed E-state index contributed by atoms with van der Waals surface area (Å²) in [7, 11) is -3.70. The Morgan fingerprint density at radius 3 is 2.83 bits per heavy atom. The van der Waals surface area contributed by atoms with Gasteiger partial charge in [-0.2, -0.15) is 0 Å². The Bertz CT molecular complexity index is 642. The summed E-state index contributed by atoms with van der Waals surface area (Å²) in [5, 5.41) is 0.411. The molecule has 0 bridgehead atoms. The van der Waals surface area contributed by atoms with E-state index < -0.39 is 10.0 Å². The fourth-order valence-corrected chi connectivity index (χ4v) is 4.02. The highest BCUT2D eigenvalue weighted by atomic mass is 35.5. The summed E-state index contributed by atoms with van der Waals surface area (Å²) >= 11 is 6.13. The third-order valence-electron chi connectivity index (χ3n) is 4.04. The van der Waals surface area contributed by atoms with Crippen molar-refractivity contribution < 1.29 is 17.9 Å². The van der Waals surface area contributed by atoms with Gasteiger partial charge in [-0.25, -0.2) is 13.1 Å². The summed E-state index contributed by atoms with van der Waals surface area (Å²) in [5.74, 6) is 0.354. The van der Waals surface area contributed by atoms with Crippen molar-refractivity contribution in [1.82, 2.24) is 4.72 Å². The molecule has 1 saturated heterocycles. The molecule has 0 aliphatic carbocycles. The Hall–Kier alpha value is -0.820. The molecular formula is C17H26ClNO4S. The number of unbranched alkanes of at least 4 members (excludes halogenated alkanes) is 2. The number of hydrogen-bond donors (Lipinski definition) is 1. The normalized spacial score (nSPS) is 18.0. The summed E-state index contributed by atoms with van der Waals surface area (Å²) in [5.41, 5.74) is 0.792. The quantitative estimate of drug-likeness (QED) is 0.669. The molecule has 7 heteroatoms. The monoisotopic (exact) mass is 375 g/mol. The minimum absolute atomic E-state index is 0.0605. The van der Waals surface area contributed by atoms with Gasteiger partial charge in [-0.3, -0.25) is 0 Å². The second-order valence-electron chi connectivity index (χ2n) is 6.09. The molecule has 1 heterocycles. The van der Waals surface area contributed by atoms with Gasteiger partial charge in [0.05, 0.1) is 12.7 Å². The SMILES string of the molecule is CCCCCOc1cc(C)c(Cl)cc1S(=O)(=O)NCC1CCCO1. The average Bonchev–Trinajstić information content (AvgIpc) is 3.06. The Kier molecular flexibility index (Phi) is 7.34. The standard InChI is InChI=1S/C17H26ClNO4S/c1-3-4-5-8-23-16-10-13(2)15(18)11-17(16)24(20,21)19-12-14-7-6-9-22-14/h10-11,14,19H,3-9,12H2,1-2H3. The number of rotatable bonds is 9. The van der Waals surface area contributed by atoms with Crippen LogP contribution in [0.15, 0.2) is 17.0 Å². The van der Waals surface area contributed by atoms with Crippen molar-refractivity contribution in [2.45, 2.75) is 57.0 Å². The zero-order chi connectivity index (χ0) is 17.6. The second-order valence-corrected chi connectivity index (χ2v) is 8.23. The van der Waals surface area contributed by atoms with Crippen LogP contribution in [0.4, 0.5) is 0 Å². The third kappa shape index (κ3) is 5.34. The van der Waals surface area contributed by atoms with Crippen molar-refractivity contribution in [1.29, 1.82) is 0 Å². The summed E-state index contributed by atoms with van der Waals surface area (Å²) in [4.78, 5) is 0.0904. The van der Waals surface area contributed by atoms with Gasteiger partial charge in [0.15, 0.2) is 0 Å². The molecule has 1 aliphatic heterocycles. The van der Waals surface area contributed by atoms with Crippen LogP contribution in [0.5, 0.6) is 5.75 Å². The summed E-state index contributed by atoms with van der Waals surface area (Å²) < 4.78 is 39.1. The first-order valence-electron chi connectivity index (χ1n) is 8.48. The van der Waals surface area contributed by atoms with E-state index in [1.165, 1.54) is 6.07 Å². The third-order valence-corrected chi connectivity index (χ3v) is 5.90. The smallest absolute Gasteiger partial charge is 0.244 e. The predicted octanol–water partition coefficient (Wildman–Crippen LogP) is 3.67. The van der Waals surface area contributed by atoms with E-state index in [0.717, 1.165) is 37.7 Å². The number of nitrogens with one attached hydrogen (secondary N) is 1. The van der Waals surface area contributed by atoms with Crippen molar-refractivity contribution in [3.05, 3.63) is 22.7 Å². The lowest BCUT2D eigenvalue weighted by Gasteiger charge is -2.16. The molecule has 1 atom stereocenters. The highest BCUT2D eigenvalue weighted by Gasteiger charge is 2.24. The lowest BCUT2D eigenvalue weighted by molar-refractivity contribution is 0.114. The molecule has 136 valence electrons. The largest absolute Gasteiger partial charge is 0.492 e. The molecule has 24 heavy (non-hydrogen) atoms. The van der Waals surface area contributed by atoms with Crippen LogP contribution >= 0.6 is 11.6 Å². The van der Waals surface area contributed by atoms with Gasteiger partial charge in [-0.05, 0) is 43.9 Å². The maximum absolute atomic E-state index is 12.7. The molecule has 1 N–H and O–H groups in total. The van der Waals surface area contributed by atoms with Crippen LogP contribution in [0, 0.1) is 6.92 Å². The number of benzene rings is 1. The zero-order valence-electron chi connectivity index (χ0n) is 14.3. The van der Waals surface area contributed by atoms with Gasteiger partial charge in [-0.15, -0.1) is 0 Å². The molecular weight excluding hydrogens is 350 g/mol. The first kappa shape index (κ1) is 19.5. The Morgan fingerprint density at radius 2 is 2.17 bits per heavy atom. The molecule has 2 rings (SSSR count). The van der Waals surface area contributed by atoms with Crippen molar-refractivity contribution in [2.75, 3.05) is 19.8 Å². The zero-order valence-corrected chi connectivity index (χ0v) is 15.9. The van der Waals surface area contributed by atoms with Crippen LogP contribution in [0.1, 0.15) is 44.6 Å². The van der Waals surface area contributed by atoms with Crippen LogP contribution in [-0.4, -0.2) is 34.3 Å². The Labute approximate surface area is 149 Å². The van der Waals surface area contributed by atoms with Crippen molar-refractivity contribution in [3.8, 4) is 5.75 Å². The molecule has 0 saturated carbocycles. The minimum atomic E-state index is -3.70. The van der Waals surface area contributed by atoms with Gasteiger partial charge >= 0.3 is 0 Å². The molecule has 1 aliphatic rings. The first-order valence-corrected chi connectivity index (χ1v) is 10.3. The van der Waals surface area contributed by atoms with Crippen LogP contribution in [0.3, 0.4) is 0 Å². The summed E-state index contributed by atoms with van der Waals surface area (Å²) in [6, 6.07) is 3.15. The van der Waals surface area contributed by atoms with Crippen LogP contribution < -0.4 is 9.46 Å². The van der Waals surface area contributed by atoms with Crippen molar-refractivity contribution in [3.63, 3.8) is 0 Å². The number of halogens is 1. The van der Waals surface area contributed by atoms with Gasteiger partial charge in [0.25, 0.3) is 0 Å². The fourth-order valence-electron chi connectivity index (χ4n) is 2.58. The van der Waals surface area contributed by atoms with Crippen LogP contribution in [-0.2, 0) is 14.8 Å². The van der Waals surface area contributed by atoms with Crippen LogP contribution in [0.2, 0.25) is 5.02 Å². The highest BCUT2D eigenvalue weighted by molar-refractivity contribution is 7.89. The molecule has 0 aromatic heterocycles. The van der Waals surface area contributed by atoms with E-state index in [1.807, 2.05) is 6.92 Å². The lowest BCUT2D eigenvalue weighted by atomic mass is 10.2. The first-order chi connectivity index (χ1) is 11.4. The molecule has 0 spiro atoms. The van der Waals surface area contributed by atoms with E-state index in [2.05, 4.69) is 11.6 Å². The van der Waals surface area contributed by atoms with E-state index in [-0.39, 0.29) is 17.5 Å². The highest BCUT2D eigenvalue weighted by Crippen LogP contribution is 2.30. The number of sulfonamides is 1. The molecule has 5 nitrogen and oxygen atoms in total. The van der Waals surface area contributed by atoms with E-state index in [9.17, 15) is 8.42 Å². The number of aryl methyl sites for hydroxylation is 1. The van der Waals surface area contributed by atoms with E-state index in [1.54, 1.807) is 6.07 Å². The molecule has 0 amide bonds. The average molecular weight is 376 g/mol. The van der Waals surface area contributed by atoms with E-state index in [4.69, 9.17) is 21.1 Å². The summed E-state index contributed by atoms with van der Waals surface area (Å²) in [6.07, 6.45) is 4.80. The van der Waals surface area contributed by atoms with E-state index in [0.29, 0.717) is 24.0 Å². The van der Waals surface area contributed by atoms with Gasteiger partial charge in [0.2, 0.25) is 10.0 Å². The second kappa shape index (κ2) is 9.04. The van der Waals surface area contributed by atoms with Crippen molar-refractivity contribution in [2.24, 2.45) is 0 Å². The Balaban J connectivity index is 2.13.